The fourth-order valence-corrected chi connectivity index (χ4v) is 3.23. The van der Waals surface area contributed by atoms with Crippen molar-refractivity contribution >= 4 is 35.6 Å². The van der Waals surface area contributed by atoms with Crippen LogP contribution in [-0.4, -0.2) is 19.6 Å². The lowest BCUT2D eigenvalue weighted by molar-refractivity contribution is -0.118. The quantitative estimate of drug-likeness (QED) is 0.846. The average Bonchev–Trinajstić information content (AvgIpc) is 2.50. The van der Waals surface area contributed by atoms with Crippen LogP contribution in [0, 0.1) is 5.41 Å². The number of methoxy groups -OCH3 is 1. The van der Waals surface area contributed by atoms with Crippen molar-refractivity contribution in [1.29, 1.82) is 0 Å². The van der Waals surface area contributed by atoms with Gasteiger partial charge in [0.05, 0.1) is 12.1 Å². The summed E-state index contributed by atoms with van der Waals surface area (Å²) >= 11 is 5.98. The monoisotopic (exact) mass is 346 g/mol. The van der Waals surface area contributed by atoms with Crippen LogP contribution in [0.1, 0.15) is 38.5 Å². The van der Waals surface area contributed by atoms with Crippen LogP contribution in [0.3, 0.4) is 0 Å². The smallest absolute Gasteiger partial charge is 0.224 e. The number of hydrogen-bond acceptors (Lipinski definition) is 3. The number of nitrogens with two attached hydrogens (primary N) is 1. The van der Waals surface area contributed by atoms with Crippen molar-refractivity contribution in [2.24, 2.45) is 11.1 Å². The van der Waals surface area contributed by atoms with E-state index in [1.807, 2.05) is 0 Å². The molecule has 1 aliphatic carbocycles. The fourth-order valence-electron chi connectivity index (χ4n) is 3.04. The molecule has 0 radical (unpaired) electrons. The van der Waals surface area contributed by atoms with Gasteiger partial charge in [0, 0.05) is 18.2 Å². The van der Waals surface area contributed by atoms with E-state index in [-0.39, 0.29) is 23.7 Å². The largest absolute Gasteiger partial charge is 0.495 e. The van der Waals surface area contributed by atoms with Crippen LogP contribution in [-0.2, 0) is 4.79 Å². The van der Waals surface area contributed by atoms with Crippen molar-refractivity contribution in [2.75, 3.05) is 19.0 Å². The first-order valence-electron chi connectivity index (χ1n) is 7.42. The molecular formula is C16H24Cl2N2O2. The van der Waals surface area contributed by atoms with Crippen molar-refractivity contribution in [3.8, 4) is 5.75 Å². The highest BCUT2D eigenvalue weighted by Gasteiger charge is 2.32. The van der Waals surface area contributed by atoms with Crippen molar-refractivity contribution in [3.05, 3.63) is 23.2 Å². The van der Waals surface area contributed by atoms with Gasteiger partial charge in [0.1, 0.15) is 5.75 Å². The normalized spacial score (nSPS) is 16.5. The van der Waals surface area contributed by atoms with Crippen molar-refractivity contribution in [3.63, 3.8) is 0 Å². The molecule has 1 fully saturated rings. The van der Waals surface area contributed by atoms with Gasteiger partial charge in [-0.1, -0.05) is 30.9 Å². The molecule has 3 N–H and O–H groups in total. The Kier molecular flexibility index (Phi) is 7.46. The summed E-state index contributed by atoms with van der Waals surface area (Å²) in [7, 11) is 1.55. The molecule has 22 heavy (non-hydrogen) atoms. The molecule has 124 valence electrons. The number of rotatable bonds is 5. The summed E-state index contributed by atoms with van der Waals surface area (Å²) in [6, 6.07) is 5.23. The predicted molar refractivity (Wildman–Crippen MR) is 93.1 cm³/mol. The molecule has 0 aromatic heterocycles. The highest BCUT2D eigenvalue weighted by molar-refractivity contribution is 6.32. The van der Waals surface area contributed by atoms with E-state index in [1.165, 1.54) is 19.3 Å². The second-order valence-corrected chi connectivity index (χ2v) is 6.25. The second-order valence-electron chi connectivity index (χ2n) is 5.84. The Labute approximate surface area is 143 Å². The molecule has 2 rings (SSSR count). The van der Waals surface area contributed by atoms with Gasteiger partial charge >= 0.3 is 0 Å². The second kappa shape index (κ2) is 8.61. The molecule has 0 bridgehead atoms. The number of carbonyl (C=O) groups is 1. The number of amides is 1. The Morgan fingerprint density at radius 1 is 1.36 bits per heavy atom. The first-order chi connectivity index (χ1) is 10.1. The highest BCUT2D eigenvalue weighted by atomic mass is 35.5. The van der Waals surface area contributed by atoms with Crippen LogP contribution in [0.5, 0.6) is 5.75 Å². The Hall–Kier alpha value is -0.970. The van der Waals surface area contributed by atoms with Crippen LogP contribution in [0.2, 0.25) is 5.02 Å². The molecule has 1 aliphatic rings. The Morgan fingerprint density at radius 2 is 2.05 bits per heavy atom. The van der Waals surface area contributed by atoms with Gasteiger partial charge in [-0.05, 0) is 36.9 Å². The van der Waals surface area contributed by atoms with E-state index >= 15 is 0 Å². The molecule has 0 unspecified atom stereocenters. The zero-order valence-corrected chi connectivity index (χ0v) is 14.4. The number of halogens is 2. The molecule has 0 aliphatic heterocycles. The van der Waals surface area contributed by atoms with Crippen LogP contribution in [0.4, 0.5) is 5.69 Å². The van der Waals surface area contributed by atoms with Crippen molar-refractivity contribution in [2.45, 2.75) is 38.5 Å². The van der Waals surface area contributed by atoms with Gasteiger partial charge in [0.2, 0.25) is 5.91 Å². The summed E-state index contributed by atoms with van der Waals surface area (Å²) in [4.78, 5) is 12.3. The number of hydrogen-bond donors (Lipinski definition) is 2. The minimum atomic E-state index is -0.0289. The first kappa shape index (κ1) is 19.1. The van der Waals surface area contributed by atoms with Gasteiger partial charge < -0.3 is 15.8 Å². The predicted octanol–water partition coefficient (Wildman–Crippen LogP) is 4.01. The fraction of sp³-hybridized carbons (Fsp3) is 0.562. The topological polar surface area (TPSA) is 64.3 Å². The summed E-state index contributed by atoms with van der Waals surface area (Å²) in [6.45, 7) is 0.574. The van der Waals surface area contributed by atoms with E-state index in [9.17, 15) is 4.79 Å². The molecule has 0 heterocycles. The molecule has 1 amide bonds. The number of anilines is 1. The number of carbonyl (C=O) groups excluding carboxylic acids is 1. The van der Waals surface area contributed by atoms with E-state index < -0.39 is 0 Å². The molecule has 4 nitrogen and oxygen atoms in total. The summed E-state index contributed by atoms with van der Waals surface area (Å²) in [5.41, 5.74) is 6.60. The molecule has 0 saturated heterocycles. The van der Waals surface area contributed by atoms with Gasteiger partial charge in [-0.25, -0.2) is 0 Å². The zero-order chi connectivity index (χ0) is 15.3. The Bertz CT molecular complexity index is 503. The third-order valence-electron chi connectivity index (χ3n) is 4.32. The van der Waals surface area contributed by atoms with Crippen LogP contribution in [0.15, 0.2) is 18.2 Å². The summed E-state index contributed by atoms with van der Waals surface area (Å²) in [6.07, 6.45) is 6.15. The number of nitrogens with one attached hydrogen (secondary N) is 1. The third-order valence-corrected chi connectivity index (χ3v) is 4.63. The van der Waals surface area contributed by atoms with E-state index in [1.54, 1.807) is 25.3 Å². The van der Waals surface area contributed by atoms with Crippen LogP contribution in [0.25, 0.3) is 0 Å². The Balaban J connectivity index is 0.00000242. The molecule has 6 heteroatoms. The van der Waals surface area contributed by atoms with Gasteiger partial charge in [-0.3, -0.25) is 4.79 Å². The van der Waals surface area contributed by atoms with Crippen molar-refractivity contribution < 1.29 is 9.53 Å². The molecule has 0 spiro atoms. The van der Waals surface area contributed by atoms with Gasteiger partial charge in [0.25, 0.3) is 0 Å². The zero-order valence-electron chi connectivity index (χ0n) is 12.9. The molecule has 1 saturated carbocycles. The maximum absolute atomic E-state index is 12.3. The molecule has 1 aromatic carbocycles. The van der Waals surface area contributed by atoms with E-state index in [0.717, 1.165) is 12.8 Å². The summed E-state index contributed by atoms with van der Waals surface area (Å²) < 4.78 is 5.15. The number of ether oxygens (including phenoxy) is 1. The molecule has 0 atom stereocenters. The van der Waals surface area contributed by atoms with E-state index in [4.69, 9.17) is 22.1 Å². The number of benzene rings is 1. The van der Waals surface area contributed by atoms with Gasteiger partial charge in [-0.15, -0.1) is 12.4 Å². The lowest BCUT2D eigenvalue weighted by Gasteiger charge is -2.35. The highest BCUT2D eigenvalue weighted by Crippen LogP contribution is 2.38. The SMILES string of the molecule is COc1cc(NC(=O)CC2(CN)CCCCC2)ccc1Cl.Cl. The minimum Gasteiger partial charge on any atom is -0.495 e. The van der Waals surface area contributed by atoms with Crippen LogP contribution < -0.4 is 15.8 Å². The van der Waals surface area contributed by atoms with Gasteiger partial charge in [0.15, 0.2) is 0 Å². The average molecular weight is 347 g/mol. The first-order valence-corrected chi connectivity index (χ1v) is 7.80. The standard InChI is InChI=1S/C16H23ClN2O2.ClH/c1-21-14-9-12(5-6-13(14)17)19-15(20)10-16(11-18)7-3-2-4-8-16;/h5-6,9H,2-4,7-8,10-11,18H2,1H3,(H,19,20);1H. The maximum atomic E-state index is 12.3. The lowest BCUT2D eigenvalue weighted by atomic mass is 9.71. The molecule has 1 aromatic rings. The van der Waals surface area contributed by atoms with E-state index in [0.29, 0.717) is 29.4 Å². The Morgan fingerprint density at radius 3 is 2.64 bits per heavy atom. The third kappa shape index (κ3) is 4.77. The summed E-state index contributed by atoms with van der Waals surface area (Å²) in [5.74, 6) is 0.562. The van der Waals surface area contributed by atoms with Crippen LogP contribution >= 0.6 is 24.0 Å². The maximum Gasteiger partial charge on any atom is 0.224 e. The minimum absolute atomic E-state index is 0. The van der Waals surface area contributed by atoms with Gasteiger partial charge in [-0.2, -0.15) is 0 Å². The lowest BCUT2D eigenvalue weighted by Crippen LogP contribution is -2.36. The molecular weight excluding hydrogens is 323 g/mol. The van der Waals surface area contributed by atoms with E-state index in [2.05, 4.69) is 5.32 Å². The van der Waals surface area contributed by atoms with Crippen molar-refractivity contribution in [1.82, 2.24) is 0 Å². The summed E-state index contributed by atoms with van der Waals surface area (Å²) in [5, 5.41) is 3.45.